The number of hydrogen-bond acceptors (Lipinski definition) is 6. The van der Waals surface area contributed by atoms with Crippen LogP contribution >= 0.6 is 23.4 Å². The van der Waals surface area contributed by atoms with E-state index in [0.29, 0.717) is 27.8 Å². The maximum atomic E-state index is 13.1. The Balaban J connectivity index is 1.67. The van der Waals surface area contributed by atoms with Crippen molar-refractivity contribution in [3.63, 3.8) is 0 Å². The maximum absolute atomic E-state index is 13.1. The molecule has 168 valence electrons. The Bertz CT molecular complexity index is 1450. The number of thioether (sulfide) groups is 1. The minimum Gasteiger partial charge on any atom is -0.292 e. The summed E-state index contributed by atoms with van der Waals surface area (Å²) in [6, 6.07) is 22.1. The number of benzene rings is 3. The highest BCUT2D eigenvalue weighted by Crippen LogP contribution is 2.28. The number of aromatic amines is 1. The zero-order valence-electron chi connectivity index (χ0n) is 17.1. The SMILES string of the molecule is NS(=O)(=O)c1ccc(N=Nc2c(CSc3ccc(Cl)cc3)[nH]n(-c3ccccc3)c2=O)cc1. The molecule has 1 heterocycles. The van der Waals surface area contributed by atoms with Gasteiger partial charge in [0.2, 0.25) is 10.0 Å². The summed E-state index contributed by atoms with van der Waals surface area (Å²) in [6.07, 6.45) is 0. The van der Waals surface area contributed by atoms with Crippen LogP contribution in [-0.2, 0) is 15.8 Å². The van der Waals surface area contributed by atoms with Gasteiger partial charge in [-0.2, -0.15) is 5.11 Å². The van der Waals surface area contributed by atoms with E-state index in [9.17, 15) is 13.2 Å². The van der Waals surface area contributed by atoms with Crippen LogP contribution in [0.25, 0.3) is 5.69 Å². The smallest absolute Gasteiger partial charge is 0.292 e. The highest BCUT2D eigenvalue weighted by Gasteiger charge is 2.16. The van der Waals surface area contributed by atoms with Crippen molar-refractivity contribution in [1.29, 1.82) is 0 Å². The third-order valence-corrected chi connectivity index (χ3v) is 6.80. The van der Waals surface area contributed by atoms with Gasteiger partial charge in [-0.25, -0.2) is 18.2 Å². The van der Waals surface area contributed by atoms with Gasteiger partial charge in [-0.3, -0.25) is 9.89 Å². The molecule has 0 amide bonds. The predicted octanol–water partition coefficient (Wildman–Crippen LogP) is 5.17. The summed E-state index contributed by atoms with van der Waals surface area (Å²) in [6.45, 7) is 0. The molecule has 33 heavy (non-hydrogen) atoms. The quantitative estimate of drug-likeness (QED) is 0.269. The Hall–Kier alpha value is -3.18. The number of azo groups is 1. The zero-order chi connectivity index (χ0) is 23.4. The molecule has 0 unspecified atom stereocenters. The number of nitrogens with one attached hydrogen (secondary N) is 1. The molecule has 0 saturated carbocycles. The van der Waals surface area contributed by atoms with E-state index < -0.39 is 10.0 Å². The van der Waals surface area contributed by atoms with Gasteiger partial charge in [0.15, 0.2) is 5.69 Å². The van der Waals surface area contributed by atoms with Gasteiger partial charge in [0.05, 0.1) is 22.0 Å². The third kappa shape index (κ3) is 5.60. The van der Waals surface area contributed by atoms with Crippen molar-refractivity contribution in [3.8, 4) is 5.69 Å². The molecule has 0 atom stereocenters. The number of H-pyrrole nitrogens is 1. The van der Waals surface area contributed by atoms with Crippen molar-refractivity contribution in [2.24, 2.45) is 15.4 Å². The van der Waals surface area contributed by atoms with E-state index in [4.69, 9.17) is 16.7 Å². The van der Waals surface area contributed by atoms with Crippen molar-refractivity contribution < 1.29 is 8.42 Å². The number of halogens is 1. The highest BCUT2D eigenvalue weighted by molar-refractivity contribution is 7.98. The number of para-hydroxylation sites is 1. The summed E-state index contributed by atoms with van der Waals surface area (Å²) < 4.78 is 24.3. The third-order valence-electron chi connectivity index (χ3n) is 4.58. The summed E-state index contributed by atoms with van der Waals surface area (Å²) >= 11 is 7.47. The fourth-order valence-electron chi connectivity index (χ4n) is 2.93. The first-order valence-corrected chi connectivity index (χ1v) is 12.5. The number of hydrogen-bond donors (Lipinski definition) is 2. The number of nitrogens with zero attached hydrogens (tertiary/aromatic N) is 3. The Kier molecular flexibility index (Phi) is 6.80. The normalized spacial score (nSPS) is 11.8. The average Bonchev–Trinajstić information content (AvgIpc) is 3.13. The molecule has 4 rings (SSSR count). The van der Waals surface area contributed by atoms with Gasteiger partial charge in [0.25, 0.3) is 5.56 Å². The molecule has 3 N–H and O–H groups in total. The summed E-state index contributed by atoms with van der Waals surface area (Å²) in [7, 11) is -3.81. The second kappa shape index (κ2) is 9.75. The number of aromatic nitrogens is 2. The standard InChI is InChI=1S/C22H18ClN5O3S2/c23-15-6-10-18(11-7-15)32-14-20-21(22(29)28(27-20)17-4-2-1-3-5-17)26-25-16-8-12-19(13-9-16)33(24,30)31/h1-13,27H,14H2,(H2,24,30,31). The lowest BCUT2D eigenvalue weighted by Crippen LogP contribution is -2.13. The van der Waals surface area contributed by atoms with E-state index in [-0.39, 0.29) is 16.1 Å². The van der Waals surface area contributed by atoms with Crippen molar-refractivity contribution >= 4 is 44.8 Å². The maximum Gasteiger partial charge on any atom is 0.299 e. The summed E-state index contributed by atoms with van der Waals surface area (Å²) in [5.74, 6) is 0.440. The van der Waals surface area contributed by atoms with Crippen LogP contribution in [0.1, 0.15) is 5.69 Å². The molecule has 8 nitrogen and oxygen atoms in total. The van der Waals surface area contributed by atoms with Crippen molar-refractivity contribution in [2.75, 3.05) is 0 Å². The van der Waals surface area contributed by atoms with Crippen molar-refractivity contribution in [1.82, 2.24) is 9.78 Å². The lowest BCUT2D eigenvalue weighted by Gasteiger charge is -2.02. The van der Waals surface area contributed by atoms with E-state index in [2.05, 4.69) is 15.3 Å². The molecule has 0 aliphatic heterocycles. The molecule has 0 aliphatic rings. The van der Waals surface area contributed by atoms with Gasteiger partial charge >= 0.3 is 0 Å². The second-order valence-corrected chi connectivity index (χ2v) is 9.94. The summed E-state index contributed by atoms with van der Waals surface area (Å²) in [5.41, 5.74) is 1.45. The first-order chi connectivity index (χ1) is 15.8. The molecule has 0 fully saturated rings. The van der Waals surface area contributed by atoms with Gasteiger partial charge in [0, 0.05) is 15.7 Å². The monoisotopic (exact) mass is 499 g/mol. The molecule has 0 spiro atoms. The molecule has 0 saturated heterocycles. The Morgan fingerprint density at radius 2 is 1.61 bits per heavy atom. The first kappa shape index (κ1) is 23.0. The first-order valence-electron chi connectivity index (χ1n) is 9.63. The second-order valence-electron chi connectivity index (χ2n) is 6.90. The number of sulfonamides is 1. The molecule has 0 aliphatic carbocycles. The van der Waals surface area contributed by atoms with E-state index >= 15 is 0 Å². The molecule has 4 aromatic rings. The Labute approximate surface area is 199 Å². The number of nitrogens with two attached hydrogens (primary N) is 1. The van der Waals surface area contributed by atoms with Gasteiger partial charge in [-0.1, -0.05) is 29.8 Å². The highest BCUT2D eigenvalue weighted by atomic mass is 35.5. The minimum absolute atomic E-state index is 0.0328. The predicted molar refractivity (Wildman–Crippen MR) is 129 cm³/mol. The average molecular weight is 500 g/mol. The summed E-state index contributed by atoms with van der Waals surface area (Å²) in [5, 5.41) is 17.2. The summed E-state index contributed by atoms with van der Waals surface area (Å²) in [4.78, 5) is 14.1. The molecule has 0 bridgehead atoms. The fraction of sp³-hybridized carbons (Fsp3) is 0.0455. The number of rotatable bonds is 7. The molecular formula is C22H18ClN5O3S2. The van der Waals surface area contributed by atoms with Crippen molar-refractivity contribution in [3.05, 3.63) is 99.9 Å². The van der Waals surface area contributed by atoms with Crippen LogP contribution in [0.3, 0.4) is 0 Å². The van der Waals surface area contributed by atoms with Crippen LogP contribution in [0.15, 0.2) is 104 Å². The topological polar surface area (TPSA) is 123 Å². The van der Waals surface area contributed by atoms with E-state index in [0.717, 1.165) is 4.90 Å². The van der Waals surface area contributed by atoms with Crippen LogP contribution < -0.4 is 10.7 Å². The minimum atomic E-state index is -3.81. The van der Waals surface area contributed by atoms with Gasteiger partial charge < -0.3 is 0 Å². The lowest BCUT2D eigenvalue weighted by atomic mass is 10.3. The zero-order valence-corrected chi connectivity index (χ0v) is 19.4. The van der Waals surface area contributed by atoms with E-state index in [1.165, 1.54) is 40.7 Å². The van der Waals surface area contributed by atoms with E-state index in [1.54, 1.807) is 24.3 Å². The molecule has 11 heteroatoms. The van der Waals surface area contributed by atoms with Crippen molar-refractivity contribution in [2.45, 2.75) is 15.5 Å². The lowest BCUT2D eigenvalue weighted by molar-refractivity contribution is 0.598. The fourth-order valence-corrected chi connectivity index (χ4v) is 4.42. The molecule has 3 aromatic carbocycles. The van der Waals surface area contributed by atoms with Crippen LogP contribution in [0.2, 0.25) is 5.02 Å². The van der Waals surface area contributed by atoms with Gasteiger partial charge in [0.1, 0.15) is 0 Å². The molecule has 0 radical (unpaired) electrons. The van der Waals surface area contributed by atoms with Crippen LogP contribution in [0.4, 0.5) is 11.4 Å². The van der Waals surface area contributed by atoms with Crippen LogP contribution in [0.5, 0.6) is 0 Å². The Morgan fingerprint density at radius 1 is 0.939 bits per heavy atom. The van der Waals surface area contributed by atoms with Gasteiger partial charge in [-0.15, -0.1) is 16.9 Å². The number of primary sulfonamides is 1. The van der Waals surface area contributed by atoms with Crippen LogP contribution in [-0.4, -0.2) is 18.2 Å². The van der Waals surface area contributed by atoms with Gasteiger partial charge in [-0.05, 0) is 60.7 Å². The molecular weight excluding hydrogens is 482 g/mol. The van der Waals surface area contributed by atoms with Crippen LogP contribution in [0, 0.1) is 0 Å². The molecule has 1 aromatic heterocycles. The largest absolute Gasteiger partial charge is 0.299 e. The van der Waals surface area contributed by atoms with E-state index in [1.807, 2.05) is 30.3 Å². The Morgan fingerprint density at radius 3 is 2.24 bits per heavy atom.